The molecule has 1 atom stereocenters. The van der Waals surface area contributed by atoms with Gasteiger partial charge in [-0.25, -0.2) is 4.39 Å². The summed E-state index contributed by atoms with van der Waals surface area (Å²) in [5, 5.41) is 10.4. The van der Waals surface area contributed by atoms with Crippen molar-refractivity contribution in [2.75, 3.05) is 36.7 Å². The van der Waals surface area contributed by atoms with Gasteiger partial charge in [0, 0.05) is 18.2 Å². The summed E-state index contributed by atoms with van der Waals surface area (Å²) in [5.41, 5.74) is 8.66. The van der Waals surface area contributed by atoms with Gasteiger partial charge in [-0.2, -0.15) is 20.1 Å². The summed E-state index contributed by atoms with van der Waals surface area (Å²) in [6.45, 7) is 0.761. The molecule has 4 N–H and O–H groups in total. The van der Waals surface area contributed by atoms with Crippen LogP contribution in [0.15, 0.2) is 48.5 Å². The quantitative estimate of drug-likeness (QED) is 0.361. The second-order valence-corrected chi connectivity index (χ2v) is 8.08. The average molecular weight is 477 g/mol. The van der Waals surface area contributed by atoms with Crippen molar-refractivity contribution in [1.29, 1.82) is 0 Å². The third-order valence-electron chi connectivity index (χ3n) is 5.92. The molecule has 2 aromatic carbocycles. The Bertz CT molecular complexity index is 1330. The first-order valence-electron chi connectivity index (χ1n) is 11.1. The molecule has 0 spiro atoms. The lowest BCUT2D eigenvalue weighted by molar-refractivity contribution is 0.355. The zero-order chi connectivity index (χ0) is 24.4. The number of nitrogens with two attached hydrogens (primary N) is 1. The summed E-state index contributed by atoms with van der Waals surface area (Å²) >= 11 is 0. The lowest BCUT2D eigenvalue weighted by atomic mass is 10.0. The van der Waals surface area contributed by atoms with E-state index in [1.165, 1.54) is 12.1 Å². The highest BCUT2D eigenvalue weighted by molar-refractivity contribution is 5.67. The fraction of sp³-hybridized carbons (Fsp3) is 0.250. The number of anilines is 4. The number of ether oxygens (including phenoxy) is 2. The van der Waals surface area contributed by atoms with Gasteiger partial charge in [0.15, 0.2) is 17.3 Å². The van der Waals surface area contributed by atoms with Gasteiger partial charge >= 0.3 is 0 Å². The molecular formula is C24H25FN8O2. The van der Waals surface area contributed by atoms with Gasteiger partial charge in [-0.1, -0.05) is 12.1 Å². The van der Waals surface area contributed by atoms with Crippen molar-refractivity contribution >= 4 is 23.7 Å². The number of nitrogens with one attached hydrogen (secondary N) is 2. The van der Waals surface area contributed by atoms with E-state index < -0.39 is 0 Å². The Balaban J connectivity index is 1.37. The van der Waals surface area contributed by atoms with Gasteiger partial charge in [-0.05, 0) is 48.7 Å². The molecule has 5 rings (SSSR count). The summed E-state index contributed by atoms with van der Waals surface area (Å²) in [5.74, 6) is 2.35. The number of benzene rings is 2. The first kappa shape index (κ1) is 22.4. The van der Waals surface area contributed by atoms with Gasteiger partial charge in [-0.3, -0.25) is 5.10 Å². The maximum Gasteiger partial charge on any atom is 0.235 e. The summed E-state index contributed by atoms with van der Waals surface area (Å²) in [6.07, 6.45) is 1.87. The molecule has 0 radical (unpaired) electrons. The van der Waals surface area contributed by atoms with E-state index in [-0.39, 0.29) is 23.8 Å². The zero-order valence-electron chi connectivity index (χ0n) is 19.3. The number of nitrogens with zero attached hydrogens (tertiary/aromatic N) is 5. The molecule has 1 saturated heterocycles. The van der Waals surface area contributed by atoms with Gasteiger partial charge in [0.1, 0.15) is 5.82 Å². The van der Waals surface area contributed by atoms with Crippen molar-refractivity contribution in [1.82, 2.24) is 25.1 Å². The van der Waals surface area contributed by atoms with Crippen LogP contribution in [0.4, 0.5) is 28.1 Å². The van der Waals surface area contributed by atoms with Gasteiger partial charge in [0.05, 0.1) is 26.0 Å². The van der Waals surface area contributed by atoms with Gasteiger partial charge in [0.25, 0.3) is 0 Å². The fourth-order valence-electron chi connectivity index (χ4n) is 4.25. The first-order valence-corrected chi connectivity index (χ1v) is 11.1. The van der Waals surface area contributed by atoms with E-state index in [2.05, 4.69) is 35.4 Å². The summed E-state index contributed by atoms with van der Waals surface area (Å²) in [7, 11) is 3.18. The molecule has 2 aromatic heterocycles. The van der Waals surface area contributed by atoms with E-state index in [1.807, 2.05) is 24.3 Å². The van der Waals surface area contributed by atoms with Crippen LogP contribution in [0.2, 0.25) is 0 Å². The van der Waals surface area contributed by atoms with Crippen LogP contribution in [-0.2, 0) is 0 Å². The van der Waals surface area contributed by atoms with E-state index >= 15 is 0 Å². The van der Waals surface area contributed by atoms with Crippen LogP contribution in [0.5, 0.6) is 11.5 Å². The number of halogens is 1. The lowest BCUT2D eigenvalue weighted by Crippen LogP contribution is -2.25. The Hall–Kier alpha value is -4.41. The monoisotopic (exact) mass is 476 g/mol. The molecule has 180 valence electrons. The van der Waals surface area contributed by atoms with E-state index in [1.54, 1.807) is 26.4 Å². The number of rotatable bonds is 7. The number of hydrogen-bond acceptors (Lipinski definition) is 9. The molecule has 3 heterocycles. The van der Waals surface area contributed by atoms with Crippen LogP contribution in [0.3, 0.4) is 0 Å². The molecule has 1 unspecified atom stereocenters. The predicted octanol–water partition coefficient (Wildman–Crippen LogP) is 4.09. The fourth-order valence-corrected chi connectivity index (χ4v) is 4.25. The molecule has 10 nitrogen and oxygen atoms in total. The van der Waals surface area contributed by atoms with Gasteiger partial charge < -0.3 is 25.4 Å². The highest BCUT2D eigenvalue weighted by Gasteiger charge is 2.29. The van der Waals surface area contributed by atoms with E-state index in [0.29, 0.717) is 23.3 Å². The second kappa shape index (κ2) is 9.45. The number of aromatic nitrogens is 5. The molecule has 0 aliphatic carbocycles. The van der Waals surface area contributed by atoms with E-state index in [9.17, 15) is 4.39 Å². The zero-order valence-corrected chi connectivity index (χ0v) is 19.3. The smallest absolute Gasteiger partial charge is 0.235 e. The summed E-state index contributed by atoms with van der Waals surface area (Å²) in [6, 6.07) is 14.0. The van der Waals surface area contributed by atoms with E-state index in [4.69, 9.17) is 15.2 Å². The number of hydrogen-bond donors (Lipinski definition) is 3. The lowest BCUT2D eigenvalue weighted by Gasteiger charge is -2.25. The largest absolute Gasteiger partial charge is 0.493 e. The molecule has 4 aromatic rings. The molecular weight excluding hydrogens is 451 g/mol. The SMILES string of the molecule is COc1ccc(-c2cc(Nc3nc(N)nc(N4CCCC4c4ccc(F)cc4)n3)n[nH]2)cc1OC. The molecule has 1 aliphatic heterocycles. The third kappa shape index (κ3) is 4.65. The predicted molar refractivity (Wildman–Crippen MR) is 130 cm³/mol. The van der Waals surface area contributed by atoms with Gasteiger partial charge in [-0.15, -0.1) is 0 Å². The standard InChI is InChI=1S/C24H25FN8O2/c1-34-19-10-7-15(12-20(19)35-2)17-13-21(32-31-17)27-23-28-22(26)29-24(30-23)33-11-3-4-18(33)14-5-8-16(25)9-6-14/h5-10,12-13,18H,3-4,11H2,1-2H3,(H4,26,27,28,29,30,31,32). The van der Waals surface area contributed by atoms with Crippen molar-refractivity contribution in [3.8, 4) is 22.8 Å². The maximum atomic E-state index is 13.4. The van der Waals surface area contributed by atoms with Crippen molar-refractivity contribution < 1.29 is 13.9 Å². The highest BCUT2D eigenvalue weighted by Crippen LogP contribution is 2.35. The molecule has 1 fully saturated rings. The minimum Gasteiger partial charge on any atom is -0.493 e. The molecule has 0 saturated carbocycles. The van der Waals surface area contributed by atoms with Gasteiger partial charge in [0.2, 0.25) is 17.8 Å². The van der Waals surface area contributed by atoms with Crippen LogP contribution in [0.1, 0.15) is 24.4 Å². The Kier molecular flexibility index (Phi) is 6.04. The number of nitrogen functional groups attached to an aromatic ring is 1. The Morgan fingerprint density at radius 1 is 1.03 bits per heavy atom. The van der Waals surface area contributed by atoms with Crippen LogP contribution >= 0.6 is 0 Å². The van der Waals surface area contributed by atoms with E-state index in [0.717, 1.165) is 36.2 Å². The number of methoxy groups -OCH3 is 2. The Labute approximate surface area is 201 Å². The van der Waals surface area contributed by atoms with Crippen LogP contribution in [-0.4, -0.2) is 45.9 Å². The number of H-pyrrole nitrogens is 1. The normalized spacial score (nSPS) is 15.3. The number of aromatic amines is 1. The Morgan fingerprint density at radius 3 is 2.60 bits per heavy atom. The maximum absolute atomic E-state index is 13.4. The first-order chi connectivity index (χ1) is 17.0. The molecule has 1 aliphatic rings. The van der Waals surface area contributed by atoms with Crippen molar-refractivity contribution in [2.24, 2.45) is 0 Å². The van der Waals surface area contributed by atoms with Crippen LogP contribution < -0.4 is 25.4 Å². The minimum absolute atomic E-state index is 0.0345. The average Bonchev–Trinajstić information content (AvgIpc) is 3.54. The topological polar surface area (TPSA) is 127 Å². The summed E-state index contributed by atoms with van der Waals surface area (Å²) in [4.78, 5) is 15.2. The Morgan fingerprint density at radius 2 is 1.83 bits per heavy atom. The molecule has 11 heteroatoms. The highest BCUT2D eigenvalue weighted by atomic mass is 19.1. The molecule has 0 bridgehead atoms. The molecule has 0 amide bonds. The minimum atomic E-state index is -0.263. The van der Waals surface area contributed by atoms with Crippen LogP contribution in [0, 0.1) is 5.82 Å². The van der Waals surface area contributed by atoms with Crippen molar-refractivity contribution in [3.63, 3.8) is 0 Å². The second-order valence-electron chi connectivity index (χ2n) is 8.08. The van der Waals surface area contributed by atoms with Crippen molar-refractivity contribution in [3.05, 3.63) is 59.9 Å². The van der Waals surface area contributed by atoms with Crippen molar-refractivity contribution in [2.45, 2.75) is 18.9 Å². The third-order valence-corrected chi connectivity index (χ3v) is 5.92. The summed E-state index contributed by atoms with van der Waals surface area (Å²) < 4.78 is 24.1. The van der Waals surface area contributed by atoms with Crippen LogP contribution in [0.25, 0.3) is 11.3 Å². The molecule has 35 heavy (non-hydrogen) atoms.